The fourth-order valence-corrected chi connectivity index (χ4v) is 3.67. The largest absolute Gasteiger partial charge is 0.339 e. The zero-order valence-electron chi connectivity index (χ0n) is 12.6. The van der Waals surface area contributed by atoms with Gasteiger partial charge in [-0.2, -0.15) is 0 Å². The van der Waals surface area contributed by atoms with Crippen molar-refractivity contribution in [1.82, 2.24) is 15.5 Å². The molecule has 3 atom stereocenters. The van der Waals surface area contributed by atoms with E-state index in [2.05, 4.69) is 10.6 Å². The van der Waals surface area contributed by atoms with Crippen LogP contribution in [0.15, 0.2) is 18.2 Å². The minimum Gasteiger partial charge on any atom is -0.339 e. The number of hydrogen-bond donors (Lipinski definition) is 2. The number of amides is 4. The Kier molecular flexibility index (Phi) is 3.13. The molecule has 2 heterocycles. The van der Waals surface area contributed by atoms with Crippen LogP contribution in [0.5, 0.6) is 0 Å². The third kappa shape index (κ3) is 2.16. The minimum absolute atomic E-state index is 0.109. The summed E-state index contributed by atoms with van der Waals surface area (Å²) in [5.74, 6) is -3.18. The number of hydrogen-bond acceptors (Lipinski definition) is 3. The van der Waals surface area contributed by atoms with Crippen LogP contribution in [0, 0.1) is 17.6 Å². The van der Waals surface area contributed by atoms with Crippen molar-refractivity contribution in [2.24, 2.45) is 5.92 Å². The molecule has 0 bridgehead atoms. The highest BCUT2D eigenvalue weighted by atomic mass is 19.2. The van der Waals surface area contributed by atoms with E-state index in [9.17, 15) is 23.2 Å². The third-order valence-electron chi connectivity index (χ3n) is 5.08. The number of carbonyl (C=O) groups excluding carboxylic acids is 3. The van der Waals surface area contributed by atoms with Crippen molar-refractivity contribution in [2.75, 3.05) is 13.1 Å². The molecule has 1 aromatic rings. The highest BCUT2D eigenvalue weighted by Gasteiger charge is 2.54. The van der Waals surface area contributed by atoms with Gasteiger partial charge in [0.25, 0.3) is 5.91 Å². The third-order valence-corrected chi connectivity index (χ3v) is 5.08. The van der Waals surface area contributed by atoms with Gasteiger partial charge in [-0.05, 0) is 30.4 Å². The number of benzene rings is 1. The Morgan fingerprint density at radius 2 is 2.08 bits per heavy atom. The molecule has 2 N–H and O–H groups in total. The number of likely N-dealkylation sites (tertiary alicyclic amines) is 1. The Morgan fingerprint density at radius 1 is 1.29 bits per heavy atom. The minimum atomic E-state index is -1.05. The summed E-state index contributed by atoms with van der Waals surface area (Å²) in [6.45, 7) is 0.458. The predicted molar refractivity (Wildman–Crippen MR) is 77.8 cm³/mol. The van der Waals surface area contributed by atoms with E-state index >= 15 is 0 Å². The van der Waals surface area contributed by atoms with E-state index in [1.807, 2.05) is 0 Å². The number of imide groups is 1. The maximum Gasteiger partial charge on any atom is 0.322 e. The second-order valence-electron chi connectivity index (χ2n) is 6.59. The van der Waals surface area contributed by atoms with E-state index in [0.29, 0.717) is 19.4 Å². The van der Waals surface area contributed by atoms with Gasteiger partial charge >= 0.3 is 6.03 Å². The second-order valence-corrected chi connectivity index (χ2v) is 6.59. The van der Waals surface area contributed by atoms with Gasteiger partial charge < -0.3 is 10.2 Å². The maximum absolute atomic E-state index is 13.8. The molecule has 2 saturated heterocycles. The molecule has 0 aromatic heterocycles. The van der Waals surface area contributed by atoms with Crippen molar-refractivity contribution in [1.29, 1.82) is 0 Å². The van der Waals surface area contributed by atoms with Gasteiger partial charge in [0, 0.05) is 12.5 Å². The van der Waals surface area contributed by atoms with Crippen molar-refractivity contribution < 1.29 is 23.2 Å². The highest BCUT2D eigenvalue weighted by Crippen LogP contribution is 2.50. The van der Waals surface area contributed by atoms with Crippen molar-refractivity contribution >= 4 is 17.8 Å². The van der Waals surface area contributed by atoms with Crippen LogP contribution >= 0.6 is 0 Å². The fraction of sp³-hybridized carbons (Fsp3) is 0.438. The SMILES string of the molecule is O=C1NC(=O)C2(CCN(C(=O)C3CC3c3cccc(F)c3F)C2)N1. The van der Waals surface area contributed by atoms with Crippen LogP contribution in [0.2, 0.25) is 0 Å². The first-order chi connectivity index (χ1) is 11.4. The van der Waals surface area contributed by atoms with Crippen LogP contribution in [-0.4, -0.2) is 41.4 Å². The van der Waals surface area contributed by atoms with Gasteiger partial charge in [0.1, 0.15) is 5.54 Å². The Labute approximate surface area is 136 Å². The van der Waals surface area contributed by atoms with Gasteiger partial charge in [0.15, 0.2) is 11.6 Å². The van der Waals surface area contributed by atoms with Gasteiger partial charge in [0.05, 0.1) is 6.54 Å². The van der Waals surface area contributed by atoms with E-state index in [1.165, 1.54) is 17.0 Å². The van der Waals surface area contributed by atoms with Crippen LogP contribution in [0.4, 0.5) is 13.6 Å². The zero-order chi connectivity index (χ0) is 17.1. The number of rotatable bonds is 2. The molecular weight excluding hydrogens is 320 g/mol. The van der Waals surface area contributed by atoms with Gasteiger partial charge in [0.2, 0.25) is 5.91 Å². The molecule has 1 spiro atoms. The standard InChI is InChI=1S/C16H15F2N3O3/c17-11-3-1-2-8(12(11)18)9-6-10(9)13(22)21-5-4-16(7-21)14(23)19-15(24)20-16/h1-3,9-10H,4-7H2,(H2,19,20,23,24). The van der Waals surface area contributed by atoms with E-state index in [-0.39, 0.29) is 23.9 Å². The van der Waals surface area contributed by atoms with Gasteiger partial charge in [-0.25, -0.2) is 13.6 Å². The van der Waals surface area contributed by atoms with Gasteiger partial charge in [-0.1, -0.05) is 12.1 Å². The molecule has 6 nitrogen and oxygen atoms in total. The maximum atomic E-state index is 13.8. The molecule has 126 valence electrons. The number of nitrogens with zero attached hydrogens (tertiary/aromatic N) is 1. The van der Waals surface area contributed by atoms with Crippen LogP contribution in [0.25, 0.3) is 0 Å². The molecular formula is C16H15F2N3O3. The number of carbonyl (C=O) groups is 3. The fourth-order valence-electron chi connectivity index (χ4n) is 3.67. The van der Waals surface area contributed by atoms with E-state index in [4.69, 9.17) is 0 Å². The molecule has 24 heavy (non-hydrogen) atoms. The first-order valence-electron chi connectivity index (χ1n) is 7.77. The Bertz CT molecular complexity index is 769. The van der Waals surface area contributed by atoms with Crippen LogP contribution in [-0.2, 0) is 9.59 Å². The molecule has 3 aliphatic rings. The van der Waals surface area contributed by atoms with Gasteiger partial charge in [-0.3, -0.25) is 14.9 Å². The molecule has 3 unspecified atom stereocenters. The Hall–Kier alpha value is -2.51. The molecule has 1 aliphatic carbocycles. The molecule has 3 fully saturated rings. The van der Waals surface area contributed by atoms with Crippen LogP contribution in [0.3, 0.4) is 0 Å². The smallest absolute Gasteiger partial charge is 0.322 e. The molecule has 2 aliphatic heterocycles. The first-order valence-corrected chi connectivity index (χ1v) is 7.77. The average molecular weight is 335 g/mol. The summed E-state index contributed by atoms with van der Waals surface area (Å²) in [6, 6.07) is 3.41. The number of nitrogens with one attached hydrogen (secondary N) is 2. The zero-order valence-corrected chi connectivity index (χ0v) is 12.6. The van der Waals surface area contributed by atoms with E-state index in [0.717, 1.165) is 6.07 Å². The van der Waals surface area contributed by atoms with Crippen molar-refractivity contribution in [2.45, 2.75) is 24.3 Å². The normalized spacial score (nSPS) is 31.3. The number of urea groups is 1. The van der Waals surface area contributed by atoms with E-state index < -0.39 is 35.0 Å². The van der Waals surface area contributed by atoms with Crippen molar-refractivity contribution in [3.63, 3.8) is 0 Å². The predicted octanol–water partition coefficient (Wildman–Crippen LogP) is 0.879. The molecule has 0 radical (unpaired) electrons. The summed E-state index contributed by atoms with van der Waals surface area (Å²) in [6.07, 6.45) is 0.809. The quantitative estimate of drug-likeness (QED) is 0.788. The summed E-state index contributed by atoms with van der Waals surface area (Å²) >= 11 is 0. The summed E-state index contributed by atoms with van der Waals surface area (Å²) < 4.78 is 27.2. The molecule has 4 amide bonds. The monoisotopic (exact) mass is 335 g/mol. The summed E-state index contributed by atoms with van der Waals surface area (Å²) in [5, 5.41) is 4.76. The molecule has 4 rings (SSSR count). The van der Waals surface area contributed by atoms with Crippen LogP contribution < -0.4 is 10.6 Å². The van der Waals surface area contributed by atoms with Gasteiger partial charge in [-0.15, -0.1) is 0 Å². The highest BCUT2D eigenvalue weighted by molar-refractivity contribution is 6.07. The number of halogens is 2. The summed E-state index contributed by atoms with van der Waals surface area (Å²) in [4.78, 5) is 37.3. The first kappa shape index (κ1) is 15.0. The Balaban J connectivity index is 1.46. The lowest BCUT2D eigenvalue weighted by Gasteiger charge is -2.21. The van der Waals surface area contributed by atoms with Crippen molar-refractivity contribution in [3.8, 4) is 0 Å². The molecule has 8 heteroatoms. The average Bonchev–Trinajstić information content (AvgIpc) is 3.13. The second kappa shape index (κ2) is 4.99. The van der Waals surface area contributed by atoms with Crippen LogP contribution in [0.1, 0.15) is 24.3 Å². The topological polar surface area (TPSA) is 78.5 Å². The lowest BCUT2D eigenvalue weighted by molar-refractivity contribution is -0.132. The molecule has 1 saturated carbocycles. The van der Waals surface area contributed by atoms with E-state index in [1.54, 1.807) is 0 Å². The van der Waals surface area contributed by atoms with Crippen molar-refractivity contribution in [3.05, 3.63) is 35.4 Å². The Morgan fingerprint density at radius 3 is 2.79 bits per heavy atom. The lowest BCUT2D eigenvalue weighted by Crippen LogP contribution is -2.49. The summed E-state index contributed by atoms with van der Waals surface area (Å²) in [7, 11) is 0. The molecule has 1 aromatic carbocycles. The lowest BCUT2D eigenvalue weighted by atomic mass is 9.99. The summed E-state index contributed by atoms with van der Waals surface area (Å²) in [5.41, 5.74) is -0.838.